The summed E-state index contributed by atoms with van der Waals surface area (Å²) in [5.41, 5.74) is 0. The summed E-state index contributed by atoms with van der Waals surface area (Å²) in [6, 6.07) is 0. The molecule has 0 aromatic rings. The molecule has 0 saturated carbocycles. The molecule has 6 nitrogen and oxygen atoms in total. The molecule has 0 amide bonds. The van der Waals surface area contributed by atoms with E-state index in [0.717, 1.165) is 9.76 Å². The molecular formula is H18N6Si6. The summed E-state index contributed by atoms with van der Waals surface area (Å²) >= 11 is 0. The Hall–Kier alpha value is 1.06. The first-order valence-corrected chi connectivity index (χ1v) is 23.1. The summed E-state index contributed by atoms with van der Waals surface area (Å²) in [6.45, 7) is -1.38. The van der Waals surface area contributed by atoms with Crippen LogP contribution in [0.25, 0.3) is 0 Å². The molecule has 1 heterocycles. The fraction of sp³-hybridized carbons (Fsp3) is 0. The molecule has 11 N–H and O–H groups in total. The SMILES string of the molecule is N[Si]1(N)N[Si](N)(N)[SiH2][Si](N)([SiH3])[SiH2]1. The highest BCUT2D eigenvalue weighted by Crippen LogP contribution is 1.97. The Bertz CT molecular complexity index is 139. The van der Waals surface area contributed by atoms with Crippen LogP contribution in [-0.4, -0.2) is 49.8 Å². The molecule has 0 aromatic carbocycles. The molecule has 1 rings (SSSR count). The topological polar surface area (TPSA) is 142 Å². The summed E-state index contributed by atoms with van der Waals surface area (Å²) in [7, 11) is -4.02. The van der Waals surface area contributed by atoms with Gasteiger partial charge in [0, 0.05) is 9.76 Å². The number of hydrogen-bond donors (Lipinski definition) is 6. The normalized spacial score (nSPS) is 43.8. The lowest BCUT2D eigenvalue weighted by Crippen LogP contribution is -2.98. The van der Waals surface area contributed by atoms with Crippen LogP contribution in [0.1, 0.15) is 0 Å². The third kappa shape index (κ3) is 3.08. The Kier molecular flexibility index (Phi) is 2.81. The van der Waals surface area contributed by atoms with Gasteiger partial charge < -0.3 is 31.6 Å². The van der Waals surface area contributed by atoms with Crippen molar-refractivity contribution in [2.24, 2.45) is 27.0 Å². The first-order chi connectivity index (χ1) is 5.12. The van der Waals surface area contributed by atoms with Crippen LogP contribution in [0.15, 0.2) is 0 Å². The van der Waals surface area contributed by atoms with Crippen LogP contribution < -0.4 is 31.6 Å². The van der Waals surface area contributed by atoms with Gasteiger partial charge in [-0.05, 0) is 0 Å². The second kappa shape index (κ2) is 3.03. The van der Waals surface area contributed by atoms with Gasteiger partial charge in [-0.1, -0.05) is 0 Å². The van der Waals surface area contributed by atoms with Gasteiger partial charge in [0.2, 0.25) is 16.2 Å². The van der Waals surface area contributed by atoms with Gasteiger partial charge in [0.05, 0.1) is 23.9 Å². The Morgan fingerprint density at radius 1 is 0.917 bits per heavy atom. The van der Waals surface area contributed by atoms with Gasteiger partial charge in [-0.3, -0.25) is 0 Å². The predicted octanol–water partition coefficient (Wildman–Crippen LogP) is -7.61. The first kappa shape index (κ1) is 11.1. The van der Waals surface area contributed by atoms with Gasteiger partial charge in [-0.15, -0.1) is 0 Å². The van der Waals surface area contributed by atoms with E-state index in [1.54, 1.807) is 0 Å². The molecule has 1 fully saturated rings. The maximum atomic E-state index is 6.26. The molecule has 0 aliphatic carbocycles. The van der Waals surface area contributed by atoms with Crippen LogP contribution in [-0.2, 0) is 0 Å². The van der Waals surface area contributed by atoms with Gasteiger partial charge in [0.1, 0.15) is 0 Å². The number of nitrogens with one attached hydrogen (secondary N) is 1. The summed E-state index contributed by atoms with van der Waals surface area (Å²) < 4.78 is 3.18. The molecule has 0 aromatic heterocycles. The van der Waals surface area contributed by atoms with Crippen LogP contribution in [0.4, 0.5) is 0 Å². The Labute approximate surface area is 81.6 Å². The Morgan fingerprint density at radius 3 is 1.50 bits per heavy atom. The molecule has 12 heteroatoms. The van der Waals surface area contributed by atoms with E-state index >= 15 is 0 Å². The standard InChI is InChI=1S/H18N6Si6/c1-10(2)6-11(3,4)9-12(5,7)8-10/h6H,1-5,8-9H2,7H3. The van der Waals surface area contributed by atoms with Gasteiger partial charge in [0.15, 0.2) is 0 Å². The molecule has 12 heavy (non-hydrogen) atoms. The van der Waals surface area contributed by atoms with E-state index in [2.05, 4.69) is 4.65 Å². The predicted molar refractivity (Wildman–Crippen MR) is 68.4 cm³/mol. The number of hydrogen-bond acceptors (Lipinski definition) is 6. The lowest BCUT2D eigenvalue weighted by molar-refractivity contribution is 1.27. The zero-order chi connectivity index (χ0) is 9.62. The second-order valence-corrected chi connectivity index (χ2v) is 56.0. The van der Waals surface area contributed by atoms with Crippen molar-refractivity contribution in [3.63, 3.8) is 0 Å². The van der Waals surface area contributed by atoms with Crippen LogP contribution in [0.5, 0.6) is 0 Å². The molecular weight excluding hydrogens is 253 g/mol. The van der Waals surface area contributed by atoms with Crippen LogP contribution in [0, 0.1) is 0 Å². The molecule has 0 radical (unpaired) electrons. The average Bonchev–Trinajstić information content (AvgIpc) is 1.44. The smallest absolute Gasteiger partial charge is 0.242 e. The highest BCUT2D eigenvalue weighted by atomic mass is 30.1. The first-order valence-electron chi connectivity index (χ1n) is 3.86. The summed E-state index contributed by atoms with van der Waals surface area (Å²) in [6.07, 6.45) is 0. The molecule has 0 bridgehead atoms. The van der Waals surface area contributed by atoms with Crippen LogP contribution in [0.2, 0.25) is 0 Å². The van der Waals surface area contributed by atoms with Crippen LogP contribution >= 0.6 is 0 Å². The zero-order valence-electron chi connectivity index (χ0n) is 7.30. The molecule has 1 aliphatic heterocycles. The van der Waals surface area contributed by atoms with E-state index in [1.807, 2.05) is 0 Å². The molecule has 0 atom stereocenters. The summed E-state index contributed by atoms with van der Waals surface area (Å²) in [4.78, 5) is 0. The maximum absolute atomic E-state index is 6.26. The Morgan fingerprint density at radius 2 is 1.25 bits per heavy atom. The third-order valence-electron chi connectivity index (χ3n) is 1.86. The van der Waals surface area contributed by atoms with Crippen molar-refractivity contribution in [3.8, 4) is 0 Å². The van der Waals surface area contributed by atoms with Crippen molar-refractivity contribution < 1.29 is 0 Å². The molecule has 72 valence electrons. The van der Waals surface area contributed by atoms with E-state index in [4.69, 9.17) is 27.0 Å². The lowest BCUT2D eigenvalue weighted by Gasteiger charge is -2.43. The van der Waals surface area contributed by atoms with E-state index in [1.165, 1.54) is 0 Å². The van der Waals surface area contributed by atoms with Gasteiger partial charge in [-0.25, -0.2) is 0 Å². The van der Waals surface area contributed by atoms with E-state index in [9.17, 15) is 0 Å². The van der Waals surface area contributed by atoms with Crippen molar-refractivity contribution in [1.29, 1.82) is 0 Å². The summed E-state index contributed by atoms with van der Waals surface area (Å²) in [5, 5.41) is 30.1. The van der Waals surface area contributed by atoms with E-state index in [0.29, 0.717) is 0 Å². The monoisotopic (exact) mass is 270 g/mol. The van der Waals surface area contributed by atoms with Crippen molar-refractivity contribution in [3.05, 3.63) is 0 Å². The minimum atomic E-state index is -2.15. The van der Waals surface area contributed by atoms with Gasteiger partial charge in [-0.2, -0.15) is 0 Å². The van der Waals surface area contributed by atoms with E-state index < -0.39 is 40.0 Å². The number of nitrogens with two attached hydrogens (primary N) is 5. The van der Waals surface area contributed by atoms with Crippen molar-refractivity contribution >= 4 is 49.8 Å². The molecule has 0 unspecified atom stereocenters. The van der Waals surface area contributed by atoms with Crippen molar-refractivity contribution in [2.75, 3.05) is 0 Å². The maximum Gasteiger partial charge on any atom is 0.242 e. The quantitative estimate of drug-likeness (QED) is 0.241. The molecule has 1 saturated heterocycles. The third-order valence-corrected chi connectivity index (χ3v) is 77.6. The second-order valence-electron chi connectivity index (χ2n) is 4.21. The largest absolute Gasteiger partial charge is 0.358 e. The van der Waals surface area contributed by atoms with Crippen molar-refractivity contribution in [1.82, 2.24) is 4.65 Å². The van der Waals surface area contributed by atoms with Gasteiger partial charge >= 0.3 is 0 Å². The van der Waals surface area contributed by atoms with Crippen LogP contribution in [0.3, 0.4) is 0 Å². The molecule has 0 spiro atoms. The fourth-order valence-corrected chi connectivity index (χ4v) is 124. The minimum absolute atomic E-state index is 0.406. The highest BCUT2D eigenvalue weighted by molar-refractivity contribution is 7.86. The molecule has 1 aliphatic rings. The lowest BCUT2D eigenvalue weighted by atomic mass is 13.7. The van der Waals surface area contributed by atoms with E-state index in [-0.39, 0.29) is 0 Å². The van der Waals surface area contributed by atoms with Gasteiger partial charge in [0.25, 0.3) is 0 Å². The fourth-order valence-electron chi connectivity index (χ4n) is 1.92. The highest BCUT2D eigenvalue weighted by Gasteiger charge is 2.50. The zero-order valence-corrected chi connectivity index (χ0v) is 15.1. The number of rotatable bonds is 0. The Balaban J connectivity index is 2.81. The summed E-state index contributed by atoms with van der Waals surface area (Å²) in [5.74, 6) is 0. The van der Waals surface area contributed by atoms with Crippen molar-refractivity contribution in [2.45, 2.75) is 0 Å². The minimum Gasteiger partial charge on any atom is -0.358 e. The average molecular weight is 271 g/mol.